The van der Waals surface area contributed by atoms with E-state index < -0.39 is 5.91 Å². The SMILES string of the molecule is COc1cc(C#N)c(NC(=O)c2ccc(Cc3cc4c(cc3C)C(C)(C)CCC4(C)C)o2)cc1OC. The van der Waals surface area contributed by atoms with Crippen molar-refractivity contribution in [3.8, 4) is 17.6 Å². The van der Waals surface area contributed by atoms with Crippen LogP contribution in [0.2, 0.25) is 0 Å². The van der Waals surface area contributed by atoms with Gasteiger partial charge in [0, 0.05) is 18.6 Å². The normalized spacial score (nSPS) is 15.5. The molecular formula is C30H34N2O4. The fourth-order valence-corrected chi connectivity index (χ4v) is 5.00. The molecule has 188 valence electrons. The van der Waals surface area contributed by atoms with Gasteiger partial charge in [-0.3, -0.25) is 4.79 Å². The van der Waals surface area contributed by atoms with Crippen molar-refractivity contribution in [2.24, 2.45) is 0 Å². The van der Waals surface area contributed by atoms with Crippen LogP contribution in [0.3, 0.4) is 0 Å². The number of nitrogens with zero attached hydrogens (tertiary/aromatic N) is 1. The van der Waals surface area contributed by atoms with E-state index >= 15 is 0 Å². The summed E-state index contributed by atoms with van der Waals surface area (Å²) in [6, 6.07) is 13.3. The van der Waals surface area contributed by atoms with Gasteiger partial charge in [0.05, 0.1) is 25.5 Å². The van der Waals surface area contributed by atoms with Crippen LogP contribution in [0.1, 0.15) is 84.7 Å². The van der Waals surface area contributed by atoms with E-state index in [9.17, 15) is 10.1 Å². The van der Waals surface area contributed by atoms with Crippen LogP contribution >= 0.6 is 0 Å². The lowest BCUT2D eigenvalue weighted by Crippen LogP contribution is -2.34. The first kappa shape index (κ1) is 25.4. The van der Waals surface area contributed by atoms with E-state index in [0.717, 1.165) is 6.42 Å². The number of carbonyl (C=O) groups is 1. The molecule has 0 unspecified atom stereocenters. The Morgan fingerprint density at radius 2 is 1.61 bits per heavy atom. The second-order valence-corrected chi connectivity index (χ2v) is 10.9. The predicted molar refractivity (Wildman–Crippen MR) is 140 cm³/mol. The summed E-state index contributed by atoms with van der Waals surface area (Å²) in [6.45, 7) is 11.4. The maximum Gasteiger partial charge on any atom is 0.291 e. The molecule has 0 saturated carbocycles. The fraction of sp³-hybridized carbons (Fsp3) is 0.400. The van der Waals surface area contributed by atoms with Crippen molar-refractivity contribution >= 4 is 11.6 Å². The number of nitriles is 1. The number of aryl methyl sites for hydroxylation is 1. The third kappa shape index (κ3) is 4.70. The molecule has 1 heterocycles. The van der Waals surface area contributed by atoms with Crippen LogP contribution in [0, 0.1) is 18.3 Å². The summed E-state index contributed by atoms with van der Waals surface area (Å²) in [4.78, 5) is 12.9. The molecule has 0 fully saturated rings. The summed E-state index contributed by atoms with van der Waals surface area (Å²) < 4.78 is 16.5. The van der Waals surface area contributed by atoms with Gasteiger partial charge in [0.15, 0.2) is 17.3 Å². The summed E-state index contributed by atoms with van der Waals surface area (Å²) in [5.74, 6) is 1.29. The van der Waals surface area contributed by atoms with Gasteiger partial charge in [-0.05, 0) is 65.0 Å². The first-order valence-electron chi connectivity index (χ1n) is 12.2. The maximum atomic E-state index is 12.9. The van der Waals surface area contributed by atoms with E-state index in [0.29, 0.717) is 29.4 Å². The Morgan fingerprint density at radius 3 is 2.22 bits per heavy atom. The molecule has 3 aromatic rings. The summed E-state index contributed by atoms with van der Waals surface area (Å²) in [5.41, 5.74) is 6.15. The van der Waals surface area contributed by atoms with Crippen LogP contribution in [0.4, 0.5) is 5.69 Å². The molecule has 0 atom stereocenters. The number of hydrogen-bond acceptors (Lipinski definition) is 5. The van der Waals surface area contributed by atoms with Crippen LogP contribution < -0.4 is 14.8 Å². The van der Waals surface area contributed by atoms with Gasteiger partial charge in [-0.15, -0.1) is 0 Å². The molecule has 0 spiro atoms. The Labute approximate surface area is 213 Å². The molecule has 6 nitrogen and oxygen atoms in total. The molecule has 2 aromatic carbocycles. The van der Waals surface area contributed by atoms with E-state index in [1.54, 1.807) is 12.1 Å². The van der Waals surface area contributed by atoms with E-state index in [1.165, 1.54) is 49.0 Å². The first-order valence-corrected chi connectivity index (χ1v) is 12.2. The molecule has 0 bridgehead atoms. The Hall–Kier alpha value is -3.72. The molecule has 1 N–H and O–H groups in total. The van der Waals surface area contributed by atoms with E-state index in [2.05, 4.69) is 58.1 Å². The zero-order chi connectivity index (χ0) is 26.3. The van der Waals surface area contributed by atoms with Crippen molar-refractivity contribution in [2.45, 2.75) is 64.7 Å². The molecule has 0 aliphatic heterocycles. The average molecular weight is 487 g/mol. The predicted octanol–water partition coefficient (Wildman–Crippen LogP) is 6.67. The number of fused-ring (bicyclic) bond motifs is 1. The molecule has 36 heavy (non-hydrogen) atoms. The zero-order valence-electron chi connectivity index (χ0n) is 22.2. The number of ether oxygens (including phenoxy) is 2. The van der Waals surface area contributed by atoms with Crippen LogP contribution in [-0.4, -0.2) is 20.1 Å². The quantitative estimate of drug-likeness (QED) is 0.421. The van der Waals surface area contributed by atoms with E-state index in [4.69, 9.17) is 13.9 Å². The largest absolute Gasteiger partial charge is 0.493 e. The van der Waals surface area contributed by atoms with Crippen molar-refractivity contribution < 1.29 is 18.7 Å². The van der Waals surface area contributed by atoms with Crippen molar-refractivity contribution in [1.82, 2.24) is 0 Å². The van der Waals surface area contributed by atoms with Gasteiger partial charge < -0.3 is 19.2 Å². The van der Waals surface area contributed by atoms with E-state index in [-0.39, 0.29) is 22.2 Å². The Kier molecular flexibility index (Phi) is 6.62. The monoisotopic (exact) mass is 486 g/mol. The number of hydrogen-bond donors (Lipinski definition) is 1. The number of rotatable bonds is 6. The molecule has 4 rings (SSSR count). The molecule has 0 saturated heterocycles. The highest BCUT2D eigenvalue weighted by molar-refractivity contribution is 6.03. The van der Waals surface area contributed by atoms with Gasteiger partial charge in [0.1, 0.15) is 11.8 Å². The second kappa shape index (κ2) is 9.39. The number of methoxy groups -OCH3 is 2. The number of furan rings is 1. The van der Waals surface area contributed by atoms with E-state index in [1.807, 2.05) is 6.07 Å². The summed E-state index contributed by atoms with van der Waals surface area (Å²) in [5, 5.41) is 12.3. The number of nitrogens with one attached hydrogen (secondary N) is 1. The highest BCUT2D eigenvalue weighted by Gasteiger charge is 2.37. The van der Waals surface area contributed by atoms with Gasteiger partial charge in [-0.2, -0.15) is 5.26 Å². The highest BCUT2D eigenvalue weighted by Crippen LogP contribution is 2.46. The van der Waals surface area contributed by atoms with Crippen LogP contribution in [0.25, 0.3) is 0 Å². The minimum atomic E-state index is -0.435. The molecule has 1 aromatic heterocycles. The number of amides is 1. The van der Waals surface area contributed by atoms with Crippen molar-refractivity contribution in [3.05, 3.63) is 75.7 Å². The van der Waals surface area contributed by atoms with Crippen molar-refractivity contribution in [3.63, 3.8) is 0 Å². The molecule has 1 aliphatic carbocycles. The van der Waals surface area contributed by atoms with Gasteiger partial charge in [-0.1, -0.05) is 39.8 Å². The van der Waals surface area contributed by atoms with Crippen LogP contribution in [0.5, 0.6) is 11.5 Å². The maximum absolute atomic E-state index is 12.9. The minimum absolute atomic E-state index is 0.124. The Balaban J connectivity index is 1.58. The van der Waals surface area contributed by atoms with Crippen LogP contribution in [0.15, 0.2) is 40.8 Å². The van der Waals surface area contributed by atoms with Gasteiger partial charge in [-0.25, -0.2) is 0 Å². The highest BCUT2D eigenvalue weighted by atomic mass is 16.5. The smallest absolute Gasteiger partial charge is 0.291 e. The Morgan fingerprint density at radius 1 is 1.00 bits per heavy atom. The lowest BCUT2D eigenvalue weighted by molar-refractivity contribution is 0.0995. The fourth-order valence-electron chi connectivity index (χ4n) is 5.00. The number of benzene rings is 2. The number of anilines is 1. The first-order chi connectivity index (χ1) is 17.0. The molecular weight excluding hydrogens is 452 g/mol. The van der Waals surface area contributed by atoms with Gasteiger partial charge in [0.2, 0.25) is 0 Å². The van der Waals surface area contributed by atoms with Crippen LogP contribution in [-0.2, 0) is 17.3 Å². The third-order valence-corrected chi connectivity index (χ3v) is 7.45. The van der Waals surface area contributed by atoms with Gasteiger partial charge >= 0.3 is 0 Å². The standard InChI is InChI=1S/C30H34N2O4/c1-18-12-22-23(30(4,5)11-10-29(22,2)3)14-19(18)13-21-8-9-25(36-21)28(33)32-24-16-27(35-7)26(34-6)15-20(24)17-31/h8-9,12,14-16H,10-11,13H2,1-7H3,(H,32,33). The van der Waals surface area contributed by atoms with Crippen molar-refractivity contribution in [2.75, 3.05) is 19.5 Å². The average Bonchev–Trinajstić information content (AvgIpc) is 3.31. The summed E-state index contributed by atoms with van der Waals surface area (Å²) >= 11 is 0. The molecule has 6 heteroatoms. The summed E-state index contributed by atoms with van der Waals surface area (Å²) in [7, 11) is 2.99. The molecule has 1 aliphatic rings. The molecule has 0 radical (unpaired) electrons. The Bertz CT molecular complexity index is 1360. The topological polar surface area (TPSA) is 84.5 Å². The van der Waals surface area contributed by atoms with Crippen molar-refractivity contribution in [1.29, 1.82) is 5.26 Å². The van der Waals surface area contributed by atoms with Gasteiger partial charge in [0.25, 0.3) is 5.91 Å². The lowest BCUT2D eigenvalue weighted by atomic mass is 9.62. The number of carbonyl (C=O) groups excluding carboxylic acids is 1. The molecule has 1 amide bonds. The summed E-state index contributed by atoms with van der Waals surface area (Å²) in [6.07, 6.45) is 2.93. The third-order valence-electron chi connectivity index (χ3n) is 7.45. The lowest BCUT2D eigenvalue weighted by Gasteiger charge is -2.42. The minimum Gasteiger partial charge on any atom is -0.493 e. The zero-order valence-corrected chi connectivity index (χ0v) is 22.2. The second-order valence-electron chi connectivity index (χ2n) is 10.9.